The molecule has 5 rings (SSSR count). The van der Waals surface area contributed by atoms with Crippen LogP contribution in [0.2, 0.25) is 5.02 Å². The molecule has 0 bridgehead atoms. The van der Waals surface area contributed by atoms with Crippen LogP contribution in [-0.2, 0) is 20.1 Å². The minimum atomic E-state index is -1.16. The maximum Gasteiger partial charge on any atom is 0.337 e. The third-order valence-corrected chi connectivity index (χ3v) is 8.90. The smallest absolute Gasteiger partial charge is 0.337 e. The third-order valence-electron chi connectivity index (χ3n) is 6.43. The molecule has 2 heterocycles. The first kappa shape index (κ1) is 29.2. The van der Waals surface area contributed by atoms with Crippen LogP contribution in [0, 0.1) is 5.82 Å². The number of carbonyl (C=O) groups excluding carboxylic acids is 3. The monoisotopic (exact) mass is 625 g/mol. The zero-order valence-corrected chi connectivity index (χ0v) is 24.4. The van der Waals surface area contributed by atoms with E-state index in [1.54, 1.807) is 6.07 Å². The number of hydrogen-bond acceptors (Lipinski definition) is 10. The highest BCUT2D eigenvalue weighted by Gasteiger charge is 2.48. The van der Waals surface area contributed by atoms with Crippen molar-refractivity contribution < 1.29 is 33.4 Å². The highest BCUT2D eigenvalue weighted by Crippen LogP contribution is 2.44. The van der Waals surface area contributed by atoms with Crippen molar-refractivity contribution in [3.05, 3.63) is 105 Å². The van der Waals surface area contributed by atoms with Crippen LogP contribution >= 0.6 is 34.7 Å². The zero-order valence-electron chi connectivity index (χ0n) is 22.0. The molecule has 1 N–H and O–H groups in total. The van der Waals surface area contributed by atoms with Gasteiger partial charge in [-0.25, -0.2) is 9.18 Å². The Hall–Kier alpha value is -4.26. The maximum absolute atomic E-state index is 14.5. The summed E-state index contributed by atoms with van der Waals surface area (Å²) in [6, 6.07) is 15.9. The molecule has 1 aromatic heterocycles. The van der Waals surface area contributed by atoms with Crippen LogP contribution in [-0.4, -0.2) is 47.2 Å². The van der Waals surface area contributed by atoms with Crippen LogP contribution in [0.4, 0.5) is 9.52 Å². The summed E-state index contributed by atoms with van der Waals surface area (Å²) in [4.78, 5) is 40.0. The average molecular weight is 626 g/mol. The molecule has 1 fully saturated rings. The molecule has 0 aliphatic carbocycles. The van der Waals surface area contributed by atoms with E-state index in [0.717, 1.165) is 27.9 Å². The lowest BCUT2D eigenvalue weighted by atomic mass is 9.94. The number of ether oxygens (including phenoxy) is 2. The second-order valence-corrected chi connectivity index (χ2v) is 11.4. The van der Waals surface area contributed by atoms with Gasteiger partial charge in [-0.05, 0) is 47.5 Å². The number of rotatable bonds is 8. The summed E-state index contributed by atoms with van der Waals surface area (Å²) in [5.74, 6) is -3.44. The second kappa shape index (κ2) is 12.3. The van der Waals surface area contributed by atoms with Crippen molar-refractivity contribution in [3.8, 4) is 5.75 Å². The van der Waals surface area contributed by atoms with Gasteiger partial charge in [-0.2, -0.15) is 0 Å². The Morgan fingerprint density at radius 1 is 1.07 bits per heavy atom. The molecule has 1 amide bonds. The van der Waals surface area contributed by atoms with Crippen LogP contribution in [0.5, 0.6) is 5.75 Å². The van der Waals surface area contributed by atoms with E-state index < -0.39 is 35.3 Å². The number of halogens is 2. The molecule has 0 unspecified atom stereocenters. The summed E-state index contributed by atoms with van der Waals surface area (Å²) in [6.07, 6.45) is 0. The Bertz CT molecular complexity index is 1730. The molecule has 214 valence electrons. The lowest BCUT2D eigenvalue weighted by Gasteiger charge is -2.22. The van der Waals surface area contributed by atoms with E-state index in [1.165, 1.54) is 62.4 Å². The Morgan fingerprint density at radius 3 is 2.45 bits per heavy atom. The fourth-order valence-electron chi connectivity index (χ4n) is 4.35. The molecule has 0 saturated carbocycles. The van der Waals surface area contributed by atoms with Gasteiger partial charge in [0.2, 0.25) is 5.13 Å². The predicted octanol–water partition coefficient (Wildman–Crippen LogP) is 6.04. The standard InChI is InChI=1S/C29H21ClFN3O6S2/c1-39-21-12-11-17(13-20(21)31)24(35)22-23(15-7-9-16(10-8-15)27(38)40-2)34(26(37)25(22)36)28-32-33-29(42-28)41-14-18-5-3-4-6-19(18)30/h3-13,23,35H,14H2,1-2H3/t23-/m0/s1. The number of aliphatic hydroxyl groups is 1. The van der Waals surface area contributed by atoms with E-state index in [0.29, 0.717) is 20.7 Å². The first-order valence-corrected chi connectivity index (χ1v) is 14.4. The van der Waals surface area contributed by atoms with Gasteiger partial charge in [0.15, 0.2) is 15.9 Å². The number of esters is 1. The Labute approximate surface area is 252 Å². The normalized spacial score (nSPS) is 16.1. The van der Waals surface area contributed by atoms with Gasteiger partial charge in [-0.1, -0.05) is 65.0 Å². The van der Waals surface area contributed by atoms with Crippen LogP contribution in [0.15, 0.2) is 76.6 Å². The third kappa shape index (κ3) is 5.60. The largest absolute Gasteiger partial charge is 0.507 e. The first-order valence-electron chi connectivity index (χ1n) is 12.3. The molecule has 9 nitrogen and oxygen atoms in total. The fraction of sp³-hybridized carbons (Fsp3) is 0.138. The van der Waals surface area contributed by atoms with E-state index >= 15 is 0 Å². The topological polar surface area (TPSA) is 119 Å². The number of Topliss-reactive ketones (excluding diaryl/α,β-unsaturated/α-hetero) is 1. The van der Waals surface area contributed by atoms with Crippen molar-refractivity contribution in [3.63, 3.8) is 0 Å². The van der Waals surface area contributed by atoms with Crippen molar-refractivity contribution in [2.45, 2.75) is 16.1 Å². The lowest BCUT2D eigenvalue weighted by Crippen LogP contribution is -2.29. The second-order valence-electron chi connectivity index (χ2n) is 8.86. The van der Waals surface area contributed by atoms with Crippen LogP contribution in [0.1, 0.15) is 33.1 Å². The number of nitrogens with zero attached hydrogens (tertiary/aromatic N) is 3. The fourth-order valence-corrected chi connectivity index (χ4v) is 6.50. The van der Waals surface area contributed by atoms with E-state index in [4.69, 9.17) is 21.1 Å². The lowest BCUT2D eigenvalue weighted by molar-refractivity contribution is -0.132. The summed E-state index contributed by atoms with van der Waals surface area (Å²) in [7, 11) is 2.54. The van der Waals surface area contributed by atoms with Crippen LogP contribution in [0.25, 0.3) is 5.76 Å². The van der Waals surface area contributed by atoms with Crippen molar-refractivity contribution >= 4 is 63.3 Å². The van der Waals surface area contributed by atoms with Crippen molar-refractivity contribution in [2.24, 2.45) is 0 Å². The molecule has 1 aliphatic heterocycles. The molecule has 0 radical (unpaired) electrons. The number of anilines is 1. The van der Waals surface area contributed by atoms with Crippen molar-refractivity contribution in [1.29, 1.82) is 0 Å². The number of aromatic nitrogens is 2. The van der Waals surface area contributed by atoms with Gasteiger partial charge in [0, 0.05) is 16.3 Å². The highest BCUT2D eigenvalue weighted by atomic mass is 35.5. The molecule has 1 saturated heterocycles. The molecule has 3 aromatic carbocycles. The summed E-state index contributed by atoms with van der Waals surface area (Å²) in [6.45, 7) is 0. The summed E-state index contributed by atoms with van der Waals surface area (Å²) < 4.78 is 24.7. The van der Waals surface area contributed by atoms with E-state index in [2.05, 4.69) is 10.2 Å². The minimum Gasteiger partial charge on any atom is -0.507 e. The van der Waals surface area contributed by atoms with Gasteiger partial charge in [0.1, 0.15) is 5.76 Å². The number of ketones is 1. The molecule has 0 spiro atoms. The Kier molecular flexibility index (Phi) is 8.57. The highest BCUT2D eigenvalue weighted by molar-refractivity contribution is 8.00. The van der Waals surface area contributed by atoms with Gasteiger partial charge < -0.3 is 14.6 Å². The van der Waals surface area contributed by atoms with Gasteiger partial charge in [0.25, 0.3) is 5.78 Å². The van der Waals surface area contributed by atoms with E-state index in [-0.39, 0.29) is 27.6 Å². The number of benzene rings is 3. The molecule has 1 atom stereocenters. The predicted molar refractivity (Wildman–Crippen MR) is 156 cm³/mol. The SMILES string of the molecule is COC(=O)c1ccc([C@H]2C(=C(O)c3ccc(OC)c(F)c3)C(=O)C(=O)N2c2nnc(SCc3ccccc3Cl)s2)cc1. The maximum atomic E-state index is 14.5. The minimum absolute atomic E-state index is 0.0317. The summed E-state index contributed by atoms with van der Waals surface area (Å²) >= 11 is 8.70. The van der Waals surface area contributed by atoms with Crippen molar-refractivity contribution in [2.75, 3.05) is 19.1 Å². The van der Waals surface area contributed by atoms with E-state index in [1.807, 2.05) is 18.2 Å². The molecular formula is C29H21ClFN3O6S2. The Morgan fingerprint density at radius 2 is 1.79 bits per heavy atom. The number of thioether (sulfide) groups is 1. The molecule has 1 aliphatic rings. The zero-order chi connectivity index (χ0) is 30.0. The molecular weight excluding hydrogens is 605 g/mol. The number of carbonyl (C=O) groups is 3. The average Bonchev–Trinajstić information content (AvgIpc) is 3.57. The molecule has 42 heavy (non-hydrogen) atoms. The summed E-state index contributed by atoms with van der Waals surface area (Å²) in [5, 5.41) is 20.3. The number of aliphatic hydroxyl groups excluding tert-OH is 1. The van der Waals surface area contributed by atoms with Gasteiger partial charge in [0.05, 0.1) is 31.4 Å². The number of amides is 1. The van der Waals surface area contributed by atoms with Gasteiger partial charge >= 0.3 is 11.9 Å². The molecule has 13 heteroatoms. The van der Waals surface area contributed by atoms with Gasteiger partial charge in [-0.3, -0.25) is 14.5 Å². The first-order chi connectivity index (χ1) is 20.2. The van der Waals surface area contributed by atoms with E-state index in [9.17, 15) is 23.9 Å². The van der Waals surface area contributed by atoms with Gasteiger partial charge in [-0.15, -0.1) is 10.2 Å². The Balaban J connectivity index is 1.57. The van der Waals surface area contributed by atoms with Crippen molar-refractivity contribution in [1.82, 2.24) is 10.2 Å². The summed E-state index contributed by atoms with van der Waals surface area (Å²) in [5.41, 5.74) is 1.20. The van der Waals surface area contributed by atoms with Crippen LogP contribution < -0.4 is 9.64 Å². The van der Waals surface area contributed by atoms with Crippen LogP contribution in [0.3, 0.4) is 0 Å². The molecule has 4 aromatic rings. The number of hydrogen-bond donors (Lipinski definition) is 1. The number of methoxy groups -OCH3 is 2. The quantitative estimate of drug-likeness (QED) is 0.0624.